The number of nitrogens with zero attached hydrogens (tertiary/aromatic N) is 1. The molecule has 0 aliphatic rings. The quantitative estimate of drug-likeness (QED) is 0.698. The lowest BCUT2D eigenvalue weighted by Crippen LogP contribution is -1.88. The van der Waals surface area contributed by atoms with Gasteiger partial charge in [0, 0.05) is 6.07 Å². The number of fused-ring (bicyclic) bond motifs is 1. The highest BCUT2D eigenvalue weighted by Gasteiger charge is 2.15. The number of halogens is 2. The molecule has 0 N–H and O–H groups in total. The molecule has 3 rings (SSSR count). The molecule has 0 radical (unpaired) electrons. The summed E-state index contributed by atoms with van der Waals surface area (Å²) in [5.41, 5.74) is 0.588. The van der Waals surface area contributed by atoms with Gasteiger partial charge in [-0.2, -0.15) is 0 Å². The summed E-state index contributed by atoms with van der Waals surface area (Å²) >= 11 is 1.25. The summed E-state index contributed by atoms with van der Waals surface area (Å²) in [7, 11) is 1.56. The fourth-order valence-corrected chi connectivity index (χ4v) is 2.84. The van der Waals surface area contributed by atoms with Crippen LogP contribution < -0.4 is 4.74 Å². The summed E-state index contributed by atoms with van der Waals surface area (Å²) in [6, 6.07) is 9.16. The van der Waals surface area contributed by atoms with Crippen LogP contribution in [-0.4, -0.2) is 12.1 Å². The number of benzene rings is 2. The molecular weight excluding hydrogens is 268 g/mol. The summed E-state index contributed by atoms with van der Waals surface area (Å²) in [6.45, 7) is 0. The third-order valence-electron chi connectivity index (χ3n) is 2.77. The molecule has 3 aromatic rings. The van der Waals surface area contributed by atoms with Crippen LogP contribution in [0.5, 0.6) is 5.75 Å². The van der Waals surface area contributed by atoms with Gasteiger partial charge in [-0.05, 0) is 24.3 Å². The van der Waals surface area contributed by atoms with Gasteiger partial charge in [-0.25, -0.2) is 13.8 Å². The van der Waals surface area contributed by atoms with Crippen molar-refractivity contribution in [3.63, 3.8) is 0 Å². The highest BCUT2D eigenvalue weighted by Crippen LogP contribution is 2.34. The second-order valence-electron chi connectivity index (χ2n) is 3.95. The minimum Gasteiger partial charge on any atom is -0.497 e. The minimum absolute atomic E-state index is 0.0809. The first-order valence-electron chi connectivity index (χ1n) is 5.58. The van der Waals surface area contributed by atoms with Crippen molar-refractivity contribution < 1.29 is 13.5 Å². The Kier molecular flexibility index (Phi) is 2.91. The van der Waals surface area contributed by atoms with Crippen LogP contribution in [0.1, 0.15) is 0 Å². The van der Waals surface area contributed by atoms with E-state index in [2.05, 4.69) is 4.98 Å². The smallest absolute Gasteiger partial charge is 0.136 e. The lowest BCUT2D eigenvalue weighted by molar-refractivity contribution is 0.415. The third kappa shape index (κ3) is 2.06. The molecule has 0 unspecified atom stereocenters. The monoisotopic (exact) mass is 277 g/mol. The third-order valence-corrected chi connectivity index (χ3v) is 3.83. The van der Waals surface area contributed by atoms with Gasteiger partial charge in [0.15, 0.2) is 0 Å². The van der Waals surface area contributed by atoms with E-state index in [0.29, 0.717) is 16.3 Å². The van der Waals surface area contributed by atoms with Crippen LogP contribution in [0.3, 0.4) is 0 Å². The molecule has 19 heavy (non-hydrogen) atoms. The Bertz CT molecular complexity index is 734. The average molecular weight is 277 g/mol. The van der Waals surface area contributed by atoms with Gasteiger partial charge in [-0.3, -0.25) is 0 Å². The van der Waals surface area contributed by atoms with E-state index in [0.717, 1.165) is 4.70 Å². The molecule has 5 heteroatoms. The summed E-state index contributed by atoms with van der Waals surface area (Å²) in [4.78, 5) is 4.27. The summed E-state index contributed by atoms with van der Waals surface area (Å²) in [6.07, 6.45) is 0. The second kappa shape index (κ2) is 4.59. The highest BCUT2D eigenvalue weighted by atomic mass is 32.1. The molecule has 96 valence electrons. The SMILES string of the molecule is COc1ccc2sc(-c3c(F)cccc3F)nc2c1. The van der Waals surface area contributed by atoms with E-state index in [1.165, 1.54) is 29.5 Å². The topological polar surface area (TPSA) is 22.1 Å². The van der Waals surface area contributed by atoms with Crippen LogP contribution in [0.25, 0.3) is 20.8 Å². The van der Waals surface area contributed by atoms with Crippen molar-refractivity contribution in [1.29, 1.82) is 0 Å². The summed E-state index contributed by atoms with van der Waals surface area (Å²) in [5, 5.41) is 0.332. The van der Waals surface area contributed by atoms with E-state index in [1.807, 2.05) is 6.07 Å². The largest absolute Gasteiger partial charge is 0.497 e. The molecule has 0 atom stereocenters. The first-order valence-corrected chi connectivity index (χ1v) is 6.39. The molecule has 0 saturated heterocycles. The van der Waals surface area contributed by atoms with Crippen molar-refractivity contribution >= 4 is 21.6 Å². The molecule has 2 nitrogen and oxygen atoms in total. The van der Waals surface area contributed by atoms with Crippen molar-refractivity contribution in [1.82, 2.24) is 4.98 Å². The van der Waals surface area contributed by atoms with Gasteiger partial charge in [0.1, 0.15) is 22.4 Å². The maximum atomic E-state index is 13.7. The van der Waals surface area contributed by atoms with Crippen molar-refractivity contribution in [3.05, 3.63) is 48.0 Å². The normalized spacial score (nSPS) is 10.9. The maximum Gasteiger partial charge on any atom is 0.136 e. The lowest BCUT2D eigenvalue weighted by Gasteiger charge is -1.99. The van der Waals surface area contributed by atoms with Crippen molar-refractivity contribution in [2.75, 3.05) is 7.11 Å². The zero-order chi connectivity index (χ0) is 13.4. The van der Waals surface area contributed by atoms with E-state index < -0.39 is 11.6 Å². The molecule has 0 saturated carbocycles. The summed E-state index contributed by atoms with van der Waals surface area (Å²) in [5.74, 6) is -0.546. The van der Waals surface area contributed by atoms with Crippen molar-refractivity contribution in [3.8, 4) is 16.3 Å². The van der Waals surface area contributed by atoms with E-state index in [4.69, 9.17) is 4.74 Å². The summed E-state index contributed by atoms with van der Waals surface area (Å²) < 4.78 is 33.4. The van der Waals surface area contributed by atoms with Crippen molar-refractivity contribution in [2.24, 2.45) is 0 Å². The Hall–Kier alpha value is -2.01. The molecule has 0 amide bonds. The van der Waals surface area contributed by atoms with E-state index >= 15 is 0 Å². The Morgan fingerprint density at radius 1 is 1.11 bits per heavy atom. The van der Waals surface area contributed by atoms with Crippen LogP contribution in [-0.2, 0) is 0 Å². The molecule has 2 aromatic carbocycles. The van der Waals surface area contributed by atoms with E-state index in [9.17, 15) is 8.78 Å². The van der Waals surface area contributed by atoms with E-state index in [-0.39, 0.29) is 5.56 Å². The van der Waals surface area contributed by atoms with E-state index in [1.54, 1.807) is 19.2 Å². The van der Waals surface area contributed by atoms with Crippen molar-refractivity contribution in [2.45, 2.75) is 0 Å². The fraction of sp³-hybridized carbons (Fsp3) is 0.0714. The first kappa shape index (κ1) is 12.0. The molecule has 1 heterocycles. The Balaban J connectivity index is 2.21. The van der Waals surface area contributed by atoms with Gasteiger partial charge in [0.25, 0.3) is 0 Å². The second-order valence-corrected chi connectivity index (χ2v) is 4.98. The van der Waals surface area contributed by atoms with Crippen LogP contribution in [0, 0.1) is 11.6 Å². The molecule has 0 aliphatic carbocycles. The van der Waals surface area contributed by atoms with Crippen LogP contribution >= 0.6 is 11.3 Å². The molecule has 1 aromatic heterocycles. The average Bonchev–Trinajstić information content (AvgIpc) is 2.80. The highest BCUT2D eigenvalue weighted by molar-refractivity contribution is 7.21. The molecule has 0 fully saturated rings. The Morgan fingerprint density at radius 2 is 1.84 bits per heavy atom. The molecular formula is C14H9F2NOS. The fourth-order valence-electron chi connectivity index (χ4n) is 1.84. The Labute approximate surface area is 112 Å². The van der Waals surface area contributed by atoms with Gasteiger partial charge >= 0.3 is 0 Å². The van der Waals surface area contributed by atoms with Gasteiger partial charge in [-0.1, -0.05) is 6.07 Å². The zero-order valence-corrected chi connectivity index (χ0v) is 10.8. The van der Waals surface area contributed by atoms with Gasteiger partial charge < -0.3 is 4.74 Å². The number of ether oxygens (including phenoxy) is 1. The molecule has 0 bridgehead atoms. The molecule has 0 spiro atoms. The number of methoxy groups -OCH3 is 1. The standard InChI is InChI=1S/C14H9F2NOS/c1-18-8-5-6-12-11(7-8)17-14(19-12)13-9(15)3-2-4-10(13)16/h2-7H,1H3. The number of hydrogen-bond acceptors (Lipinski definition) is 3. The van der Waals surface area contributed by atoms with Crippen LogP contribution in [0.2, 0.25) is 0 Å². The van der Waals surface area contributed by atoms with Gasteiger partial charge in [0.2, 0.25) is 0 Å². The predicted octanol–water partition coefficient (Wildman–Crippen LogP) is 4.25. The van der Waals surface area contributed by atoms with Crippen LogP contribution in [0.15, 0.2) is 36.4 Å². The van der Waals surface area contributed by atoms with Gasteiger partial charge in [0.05, 0.1) is 22.9 Å². The van der Waals surface area contributed by atoms with Gasteiger partial charge in [-0.15, -0.1) is 11.3 Å². The Morgan fingerprint density at radius 3 is 2.53 bits per heavy atom. The number of aromatic nitrogens is 1. The van der Waals surface area contributed by atoms with Crippen LogP contribution in [0.4, 0.5) is 8.78 Å². The number of hydrogen-bond donors (Lipinski definition) is 0. The number of thiazole rings is 1. The number of rotatable bonds is 2. The first-order chi connectivity index (χ1) is 9.19. The maximum absolute atomic E-state index is 13.7. The molecule has 0 aliphatic heterocycles. The minimum atomic E-state index is -0.606. The predicted molar refractivity (Wildman–Crippen MR) is 71.5 cm³/mol. The lowest BCUT2D eigenvalue weighted by atomic mass is 10.2. The zero-order valence-electron chi connectivity index (χ0n) is 9.98.